The Bertz CT molecular complexity index is 909. The number of rotatable bonds is 5. The molecule has 1 aliphatic carbocycles. The molecule has 1 aliphatic heterocycles. The number of halogens is 3. The number of alkyl halides is 3. The molecule has 0 unspecified atom stereocenters. The van der Waals surface area contributed by atoms with E-state index in [9.17, 15) is 23.1 Å². The number of likely N-dealkylation sites (tertiary alicyclic amines) is 1. The van der Waals surface area contributed by atoms with Crippen LogP contribution < -0.4 is 10.6 Å². The zero-order chi connectivity index (χ0) is 21.3. The zero-order valence-corrected chi connectivity index (χ0v) is 16.3. The van der Waals surface area contributed by atoms with Crippen LogP contribution in [0.3, 0.4) is 0 Å². The first-order valence-corrected chi connectivity index (χ1v) is 10.1. The first kappa shape index (κ1) is 20.8. The summed E-state index contributed by atoms with van der Waals surface area (Å²) in [4.78, 5) is 22.6. The van der Waals surface area contributed by atoms with Gasteiger partial charge in [-0.3, -0.25) is 9.69 Å². The summed E-state index contributed by atoms with van der Waals surface area (Å²) >= 11 is 0. The Morgan fingerprint density at radius 2 is 1.90 bits per heavy atom. The molecule has 0 spiro atoms. The standard InChI is InChI=1S/C20H24F3N5O2/c21-20(22,23)12-1-6-17-16(7-12)19(26-11-25-17)24-8-18(30)27-13-9-28(10-13)14-2-4-15(29)5-3-14/h1,6-7,11,13-15,29H,2-5,8-10H2,(H,27,30)(H,24,25,26)/t14-,15-. The third-order valence-electron chi connectivity index (χ3n) is 5.84. The molecule has 2 heterocycles. The van der Waals surface area contributed by atoms with Crippen LogP contribution in [-0.2, 0) is 11.0 Å². The summed E-state index contributed by atoms with van der Waals surface area (Å²) < 4.78 is 39.0. The van der Waals surface area contributed by atoms with Crippen molar-refractivity contribution in [2.75, 3.05) is 25.0 Å². The van der Waals surface area contributed by atoms with Crippen LogP contribution >= 0.6 is 0 Å². The molecule has 0 bridgehead atoms. The van der Waals surface area contributed by atoms with Crippen LogP contribution in [0.15, 0.2) is 24.5 Å². The predicted octanol–water partition coefficient (Wildman–Crippen LogP) is 2.16. The van der Waals surface area contributed by atoms with E-state index >= 15 is 0 Å². The minimum absolute atomic E-state index is 0.0603. The van der Waals surface area contributed by atoms with Gasteiger partial charge in [0.2, 0.25) is 5.91 Å². The average Bonchev–Trinajstić information content (AvgIpc) is 2.68. The van der Waals surface area contributed by atoms with Crippen molar-refractivity contribution in [2.24, 2.45) is 0 Å². The van der Waals surface area contributed by atoms with E-state index in [1.807, 2.05) is 0 Å². The SMILES string of the molecule is O=C(CNc1ncnc2ccc(C(F)(F)F)cc12)NC1CN([C@H]2CC[C@H](O)CC2)C1. The third-order valence-corrected chi connectivity index (χ3v) is 5.84. The largest absolute Gasteiger partial charge is 0.416 e. The summed E-state index contributed by atoms with van der Waals surface area (Å²) in [6.45, 7) is 1.46. The van der Waals surface area contributed by atoms with Crippen molar-refractivity contribution in [1.29, 1.82) is 0 Å². The molecular weight excluding hydrogens is 399 g/mol. The molecule has 2 fully saturated rings. The Hall–Kier alpha value is -2.46. The molecule has 2 aliphatic rings. The molecule has 0 radical (unpaired) electrons. The highest BCUT2D eigenvalue weighted by Crippen LogP contribution is 2.32. The normalized spacial score (nSPS) is 23.2. The fraction of sp³-hybridized carbons (Fsp3) is 0.550. The lowest BCUT2D eigenvalue weighted by molar-refractivity contribution is -0.137. The minimum atomic E-state index is -4.47. The summed E-state index contributed by atoms with van der Waals surface area (Å²) in [7, 11) is 0. The fourth-order valence-electron chi connectivity index (χ4n) is 4.14. The van der Waals surface area contributed by atoms with Crippen LogP contribution in [0.5, 0.6) is 0 Å². The first-order chi connectivity index (χ1) is 14.3. The highest BCUT2D eigenvalue weighted by molar-refractivity contribution is 5.91. The van der Waals surface area contributed by atoms with Gasteiger partial charge in [-0.1, -0.05) is 0 Å². The summed E-state index contributed by atoms with van der Waals surface area (Å²) in [6.07, 6.45) is 0.199. The summed E-state index contributed by atoms with van der Waals surface area (Å²) in [5, 5.41) is 15.6. The Kier molecular flexibility index (Phi) is 5.79. The number of aliphatic hydroxyl groups is 1. The molecule has 10 heteroatoms. The van der Waals surface area contributed by atoms with Crippen LogP contribution in [0, 0.1) is 0 Å². The molecule has 7 nitrogen and oxygen atoms in total. The van der Waals surface area contributed by atoms with Gasteiger partial charge in [-0.05, 0) is 43.9 Å². The number of aliphatic hydroxyl groups excluding tert-OH is 1. The number of amides is 1. The number of carbonyl (C=O) groups is 1. The van der Waals surface area contributed by atoms with Gasteiger partial charge in [0.05, 0.1) is 29.8 Å². The van der Waals surface area contributed by atoms with Gasteiger partial charge in [-0.15, -0.1) is 0 Å². The number of fused-ring (bicyclic) bond motifs is 1. The molecule has 1 saturated carbocycles. The number of nitrogens with one attached hydrogen (secondary N) is 2. The van der Waals surface area contributed by atoms with E-state index in [-0.39, 0.29) is 35.8 Å². The molecule has 0 atom stereocenters. The number of hydrogen-bond acceptors (Lipinski definition) is 6. The van der Waals surface area contributed by atoms with Crippen molar-refractivity contribution in [1.82, 2.24) is 20.2 Å². The molecule has 1 saturated heterocycles. The van der Waals surface area contributed by atoms with E-state index in [0.29, 0.717) is 11.6 Å². The second kappa shape index (κ2) is 8.35. The van der Waals surface area contributed by atoms with Gasteiger partial charge in [0.15, 0.2) is 0 Å². The van der Waals surface area contributed by atoms with Crippen LogP contribution in [-0.4, -0.2) is 63.7 Å². The van der Waals surface area contributed by atoms with Crippen LogP contribution in [0.1, 0.15) is 31.2 Å². The summed E-state index contributed by atoms with van der Waals surface area (Å²) in [5.41, 5.74) is -0.421. The van der Waals surface area contributed by atoms with Crippen molar-refractivity contribution < 1.29 is 23.1 Å². The van der Waals surface area contributed by atoms with Gasteiger partial charge < -0.3 is 15.7 Å². The number of hydrogen-bond donors (Lipinski definition) is 3. The minimum Gasteiger partial charge on any atom is -0.393 e. The van der Waals surface area contributed by atoms with Gasteiger partial charge in [-0.2, -0.15) is 13.2 Å². The van der Waals surface area contributed by atoms with Crippen molar-refractivity contribution in [3.8, 4) is 0 Å². The number of aromatic nitrogens is 2. The Labute approximate surface area is 171 Å². The van der Waals surface area contributed by atoms with E-state index in [4.69, 9.17) is 0 Å². The second-order valence-corrected chi connectivity index (χ2v) is 7.99. The lowest BCUT2D eigenvalue weighted by Crippen LogP contribution is -2.63. The molecular formula is C20H24F3N5O2. The lowest BCUT2D eigenvalue weighted by Gasteiger charge is -2.46. The van der Waals surface area contributed by atoms with Crippen LogP contribution in [0.2, 0.25) is 0 Å². The van der Waals surface area contributed by atoms with Gasteiger partial charge >= 0.3 is 6.18 Å². The van der Waals surface area contributed by atoms with E-state index in [1.165, 1.54) is 12.4 Å². The molecule has 2 aromatic rings. The zero-order valence-electron chi connectivity index (χ0n) is 16.3. The first-order valence-electron chi connectivity index (χ1n) is 10.1. The number of benzene rings is 1. The van der Waals surface area contributed by atoms with Gasteiger partial charge in [0, 0.05) is 24.5 Å². The average molecular weight is 423 g/mol. The van der Waals surface area contributed by atoms with E-state index in [2.05, 4.69) is 25.5 Å². The number of anilines is 1. The maximum Gasteiger partial charge on any atom is 0.416 e. The quantitative estimate of drug-likeness (QED) is 0.683. The topological polar surface area (TPSA) is 90.4 Å². The van der Waals surface area contributed by atoms with Crippen LogP contribution in [0.4, 0.5) is 19.0 Å². The van der Waals surface area contributed by atoms with Gasteiger partial charge in [0.25, 0.3) is 0 Å². The molecule has 3 N–H and O–H groups in total. The fourth-order valence-corrected chi connectivity index (χ4v) is 4.14. The Morgan fingerprint density at radius 1 is 1.17 bits per heavy atom. The van der Waals surface area contributed by atoms with Crippen molar-refractivity contribution >= 4 is 22.6 Å². The van der Waals surface area contributed by atoms with E-state index in [0.717, 1.165) is 50.9 Å². The monoisotopic (exact) mass is 423 g/mol. The smallest absolute Gasteiger partial charge is 0.393 e. The molecule has 162 valence electrons. The van der Waals surface area contributed by atoms with Gasteiger partial charge in [-0.25, -0.2) is 9.97 Å². The van der Waals surface area contributed by atoms with Crippen LogP contribution in [0.25, 0.3) is 10.9 Å². The second-order valence-electron chi connectivity index (χ2n) is 7.99. The maximum absolute atomic E-state index is 13.0. The van der Waals surface area contributed by atoms with Crippen molar-refractivity contribution in [3.63, 3.8) is 0 Å². The summed E-state index contributed by atoms with van der Waals surface area (Å²) in [6, 6.07) is 3.78. The molecule has 1 amide bonds. The number of carbonyl (C=O) groups excluding carboxylic acids is 1. The van der Waals surface area contributed by atoms with E-state index in [1.54, 1.807) is 0 Å². The molecule has 30 heavy (non-hydrogen) atoms. The highest BCUT2D eigenvalue weighted by Gasteiger charge is 2.35. The lowest BCUT2D eigenvalue weighted by atomic mass is 9.89. The Morgan fingerprint density at radius 3 is 2.60 bits per heavy atom. The molecule has 4 rings (SSSR count). The third kappa shape index (κ3) is 4.65. The van der Waals surface area contributed by atoms with E-state index < -0.39 is 11.7 Å². The number of nitrogens with zero attached hydrogens (tertiary/aromatic N) is 3. The van der Waals surface area contributed by atoms with Crippen molar-refractivity contribution in [3.05, 3.63) is 30.1 Å². The highest BCUT2D eigenvalue weighted by atomic mass is 19.4. The summed E-state index contributed by atoms with van der Waals surface area (Å²) in [5.74, 6) is -0.0466. The maximum atomic E-state index is 13.0. The molecule has 1 aromatic heterocycles. The Balaban J connectivity index is 1.30. The van der Waals surface area contributed by atoms with Gasteiger partial charge in [0.1, 0.15) is 12.1 Å². The van der Waals surface area contributed by atoms with Crippen molar-refractivity contribution in [2.45, 2.75) is 50.0 Å². The predicted molar refractivity (Wildman–Crippen MR) is 105 cm³/mol. The molecule has 1 aromatic carbocycles.